The van der Waals surface area contributed by atoms with Crippen molar-refractivity contribution in [2.45, 2.75) is 13.1 Å². The maximum atomic E-state index is 11.3. The summed E-state index contributed by atoms with van der Waals surface area (Å²) in [5, 5.41) is 2.44. The molecule has 3 amide bonds. The first-order chi connectivity index (χ1) is 7.22. The van der Waals surface area contributed by atoms with Gasteiger partial charge in [-0.15, -0.1) is 0 Å². The fourth-order valence-corrected chi connectivity index (χ4v) is 1.47. The van der Waals surface area contributed by atoms with Crippen molar-refractivity contribution in [3.8, 4) is 0 Å². The Morgan fingerprint density at radius 1 is 1.53 bits per heavy atom. The third-order valence-electron chi connectivity index (χ3n) is 2.29. The van der Waals surface area contributed by atoms with Crippen LogP contribution in [0, 0.1) is 0 Å². The number of hydrogen-bond acceptors (Lipinski definition) is 4. The van der Waals surface area contributed by atoms with E-state index in [1.807, 2.05) is 0 Å². The zero-order valence-corrected chi connectivity index (χ0v) is 8.03. The Kier molecular flexibility index (Phi) is 2.42. The van der Waals surface area contributed by atoms with E-state index in [0.29, 0.717) is 5.76 Å². The SMILES string of the molecule is NCc1occc1CN1C(=O)CNC1=O. The Morgan fingerprint density at radius 2 is 2.33 bits per heavy atom. The maximum Gasteiger partial charge on any atom is 0.324 e. The van der Waals surface area contributed by atoms with Crippen LogP contribution in [0.2, 0.25) is 0 Å². The summed E-state index contributed by atoms with van der Waals surface area (Å²) in [4.78, 5) is 23.7. The molecular formula is C9H11N3O3. The summed E-state index contributed by atoms with van der Waals surface area (Å²) in [6.45, 7) is 0.536. The van der Waals surface area contributed by atoms with Crippen LogP contribution in [-0.2, 0) is 17.9 Å². The monoisotopic (exact) mass is 209 g/mol. The van der Waals surface area contributed by atoms with Gasteiger partial charge < -0.3 is 15.5 Å². The van der Waals surface area contributed by atoms with Crippen LogP contribution in [0.5, 0.6) is 0 Å². The molecule has 0 aromatic carbocycles. The highest BCUT2D eigenvalue weighted by Crippen LogP contribution is 2.14. The standard InChI is InChI=1S/C9H11N3O3/c10-3-7-6(1-2-15-7)5-12-8(13)4-11-9(12)14/h1-2H,3-5,10H2,(H,11,14). The van der Waals surface area contributed by atoms with Crippen LogP contribution < -0.4 is 11.1 Å². The molecule has 1 saturated heterocycles. The van der Waals surface area contributed by atoms with Gasteiger partial charge in [-0.25, -0.2) is 4.79 Å². The molecule has 1 aromatic rings. The molecule has 0 aliphatic carbocycles. The van der Waals surface area contributed by atoms with Crippen LogP contribution in [0.15, 0.2) is 16.7 Å². The molecular weight excluding hydrogens is 198 g/mol. The summed E-state index contributed by atoms with van der Waals surface area (Å²) in [7, 11) is 0. The van der Waals surface area contributed by atoms with Gasteiger partial charge >= 0.3 is 6.03 Å². The third kappa shape index (κ3) is 1.71. The van der Waals surface area contributed by atoms with Crippen molar-refractivity contribution < 1.29 is 14.0 Å². The summed E-state index contributed by atoms with van der Waals surface area (Å²) >= 11 is 0. The normalized spacial score (nSPS) is 15.9. The van der Waals surface area contributed by atoms with Gasteiger partial charge in [0.1, 0.15) is 5.76 Å². The van der Waals surface area contributed by atoms with E-state index in [9.17, 15) is 9.59 Å². The second-order valence-electron chi connectivity index (χ2n) is 3.21. The quantitative estimate of drug-likeness (QED) is 0.674. The van der Waals surface area contributed by atoms with Gasteiger partial charge in [-0.2, -0.15) is 0 Å². The first-order valence-electron chi connectivity index (χ1n) is 4.56. The number of rotatable bonds is 3. The van der Waals surface area contributed by atoms with Gasteiger partial charge in [0.05, 0.1) is 25.9 Å². The Balaban J connectivity index is 2.14. The molecule has 0 spiro atoms. The first kappa shape index (κ1) is 9.72. The van der Waals surface area contributed by atoms with Crippen molar-refractivity contribution in [3.05, 3.63) is 23.7 Å². The van der Waals surface area contributed by atoms with Gasteiger partial charge in [0.15, 0.2) is 0 Å². The number of nitrogens with two attached hydrogens (primary N) is 1. The third-order valence-corrected chi connectivity index (χ3v) is 2.29. The second kappa shape index (κ2) is 3.74. The zero-order chi connectivity index (χ0) is 10.8. The Hall–Kier alpha value is -1.82. The van der Waals surface area contributed by atoms with Crippen LogP contribution in [0.1, 0.15) is 11.3 Å². The van der Waals surface area contributed by atoms with Crippen molar-refractivity contribution in [1.29, 1.82) is 0 Å². The lowest BCUT2D eigenvalue weighted by Crippen LogP contribution is -2.30. The predicted octanol–water partition coefficient (Wildman–Crippen LogP) is -0.210. The molecule has 6 heteroatoms. The van der Waals surface area contributed by atoms with Gasteiger partial charge in [-0.1, -0.05) is 0 Å². The van der Waals surface area contributed by atoms with Crippen molar-refractivity contribution in [1.82, 2.24) is 10.2 Å². The van der Waals surface area contributed by atoms with Crippen LogP contribution in [0.25, 0.3) is 0 Å². The van der Waals surface area contributed by atoms with Crippen molar-refractivity contribution in [3.63, 3.8) is 0 Å². The lowest BCUT2D eigenvalue weighted by molar-refractivity contribution is -0.125. The van der Waals surface area contributed by atoms with Gasteiger partial charge in [0.2, 0.25) is 5.91 Å². The van der Waals surface area contributed by atoms with Crippen molar-refractivity contribution in [2.24, 2.45) is 5.73 Å². The summed E-state index contributed by atoms with van der Waals surface area (Å²) in [5.74, 6) is 0.367. The van der Waals surface area contributed by atoms with Crippen LogP contribution in [-0.4, -0.2) is 23.4 Å². The van der Waals surface area contributed by atoms with E-state index in [1.54, 1.807) is 6.07 Å². The van der Waals surface area contributed by atoms with Crippen molar-refractivity contribution in [2.75, 3.05) is 6.54 Å². The average Bonchev–Trinajstić information content (AvgIpc) is 2.79. The number of carbonyl (C=O) groups excluding carboxylic acids is 2. The number of urea groups is 1. The molecule has 0 bridgehead atoms. The molecule has 0 atom stereocenters. The molecule has 1 fully saturated rings. The summed E-state index contributed by atoms with van der Waals surface area (Å²) in [6, 6.07) is 1.34. The van der Waals surface area contributed by atoms with E-state index < -0.39 is 0 Å². The van der Waals surface area contributed by atoms with Gasteiger partial charge in [0, 0.05) is 5.56 Å². The van der Waals surface area contributed by atoms with E-state index in [2.05, 4.69) is 5.32 Å². The number of carbonyl (C=O) groups is 2. The highest BCUT2D eigenvalue weighted by molar-refractivity contribution is 6.01. The highest BCUT2D eigenvalue weighted by Gasteiger charge is 2.29. The highest BCUT2D eigenvalue weighted by atomic mass is 16.3. The van der Waals surface area contributed by atoms with Crippen molar-refractivity contribution >= 4 is 11.9 Å². The van der Waals surface area contributed by atoms with E-state index in [0.717, 1.165) is 10.5 Å². The molecule has 6 nitrogen and oxygen atoms in total. The van der Waals surface area contributed by atoms with E-state index in [4.69, 9.17) is 10.2 Å². The Bertz CT molecular complexity index is 383. The molecule has 0 saturated carbocycles. The first-order valence-corrected chi connectivity index (χ1v) is 4.56. The molecule has 3 N–H and O–H groups in total. The van der Waals surface area contributed by atoms with Gasteiger partial charge in [-0.3, -0.25) is 9.69 Å². The largest absolute Gasteiger partial charge is 0.468 e. The molecule has 0 unspecified atom stereocenters. The topological polar surface area (TPSA) is 88.6 Å². The van der Waals surface area contributed by atoms with Crippen LogP contribution in [0.3, 0.4) is 0 Å². The van der Waals surface area contributed by atoms with Crippen LogP contribution >= 0.6 is 0 Å². The van der Waals surface area contributed by atoms with E-state index >= 15 is 0 Å². The minimum absolute atomic E-state index is 0.0641. The van der Waals surface area contributed by atoms with E-state index in [-0.39, 0.29) is 31.6 Å². The smallest absolute Gasteiger partial charge is 0.324 e. The molecule has 1 aliphatic rings. The molecule has 2 heterocycles. The minimum atomic E-state index is -0.371. The number of hydrogen-bond donors (Lipinski definition) is 2. The molecule has 15 heavy (non-hydrogen) atoms. The predicted molar refractivity (Wildman–Crippen MR) is 50.5 cm³/mol. The molecule has 1 aromatic heterocycles. The molecule has 1 aliphatic heterocycles. The maximum absolute atomic E-state index is 11.3. The van der Waals surface area contributed by atoms with E-state index in [1.165, 1.54) is 6.26 Å². The van der Waals surface area contributed by atoms with Crippen LogP contribution in [0.4, 0.5) is 4.79 Å². The second-order valence-corrected chi connectivity index (χ2v) is 3.21. The number of nitrogens with one attached hydrogen (secondary N) is 1. The number of imide groups is 1. The molecule has 80 valence electrons. The summed E-state index contributed by atoms with van der Waals surface area (Å²) in [5.41, 5.74) is 6.21. The fraction of sp³-hybridized carbons (Fsp3) is 0.333. The van der Waals surface area contributed by atoms with Gasteiger partial charge in [0.25, 0.3) is 0 Å². The van der Waals surface area contributed by atoms with Gasteiger partial charge in [-0.05, 0) is 6.07 Å². The summed E-state index contributed by atoms with van der Waals surface area (Å²) in [6.07, 6.45) is 1.50. The number of amides is 3. The number of furan rings is 1. The fourth-order valence-electron chi connectivity index (χ4n) is 1.47. The summed E-state index contributed by atoms with van der Waals surface area (Å²) < 4.78 is 5.10. The Labute approximate surface area is 86.0 Å². The zero-order valence-electron chi connectivity index (χ0n) is 8.03. The molecule has 2 rings (SSSR count). The lowest BCUT2D eigenvalue weighted by atomic mass is 10.2. The lowest BCUT2D eigenvalue weighted by Gasteiger charge is -2.11. The minimum Gasteiger partial charge on any atom is -0.468 e. The molecule has 0 radical (unpaired) electrons. The number of nitrogens with zero attached hydrogens (tertiary/aromatic N) is 1. The Morgan fingerprint density at radius 3 is 2.93 bits per heavy atom. The average molecular weight is 209 g/mol.